The summed E-state index contributed by atoms with van der Waals surface area (Å²) in [5.41, 5.74) is 1.06. The molecular formula is C22H34N2O12P2. The smallest absolute Gasteiger partial charge is 0.339 e. The van der Waals surface area contributed by atoms with Crippen molar-refractivity contribution in [3.8, 4) is 11.5 Å². The quantitative estimate of drug-likeness (QED) is 0.118. The first-order valence-corrected chi connectivity index (χ1v) is 14.9. The van der Waals surface area contributed by atoms with Crippen molar-refractivity contribution in [3.63, 3.8) is 0 Å². The molecule has 2 atom stereocenters. The fourth-order valence-corrected chi connectivity index (χ4v) is 5.69. The van der Waals surface area contributed by atoms with E-state index < -0.39 is 53.1 Å². The third kappa shape index (κ3) is 9.69. The number of phenols is 2. The molecular weight excluding hydrogens is 546 g/mol. The van der Waals surface area contributed by atoms with Crippen LogP contribution < -0.4 is 0 Å². The Balaban J connectivity index is 2.53. The first kappa shape index (κ1) is 32.3. The van der Waals surface area contributed by atoms with E-state index >= 15 is 0 Å². The summed E-state index contributed by atoms with van der Waals surface area (Å²) in [4.78, 5) is 41.0. The summed E-state index contributed by atoms with van der Waals surface area (Å²) in [5.74, 6) is -0.571. The highest BCUT2D eigenvalue weighted by atomic mass is 31.2. The number of aliphatic hydroxyl groups is 4. The zero-order valence-electron chi connectivity index (χ0n) is 20.4. The number of benzene rings is 2. The average molecular weight is 580 g/mol. The van der Waals surface area contributed by atoms with Gasteiger partial charge in [0.25, 0.3) is 0 Å². The van der Waals surface area contributed by atoms with Crippen LogP contribution in [0.25, 0.3) is 0 Å². The number of nitrogens with zero attached hydrogens (tertiary/aromatic N) is 2. The second-order valence-corrected chi connectivity index (χ2v) is 12.1. The van der Waals surface area contributed by atoms with Crippen molar-refractivity contribution in [2.24, 2.45) is 0 Å². The van der Waals surface area contributed by atoms with Gasteiger partial charge in [-0.1, -0.05) is 18.2 Å². The predicted molar refractivity (Wildman–Crippen MR) is 135 cm³/mol. The SMILES string of the molecule is O=P(O)(O)CN(Cc1ccc(CO)cc1O)C(CO)C(CO)N(Cc1cc(CO)ccc1O)CP(=O)(O)O. The van der Waals surface area contributed by atoms with Crippen LogP contribution in [0, 0.1) is 0 Å². The molecule has 2 aromatic rings. The van der Waals surface area contributed by atoms with E-state index in [1.54, 1.807) is 0 Å². The lowest BCUT2D eigenvalue weighted by molar-refractivity contribution is 0.0157. The second-order valence-electron chi connectivity index (χ2n) is 8.85. The summed E-state index contributed by atoms with van der Waals surface area (Å²) in [6, 6.07) is 5.57. The highest BCUT2D eigenvalue weighted by Gasteiger charge is 2.37. The minimum atomic E-state index is -4.80. The van der Waals surface area contributed by atoms with E-state index in [0.717, 1.165) is 9.80 Å². The Morgan fingerprint density at radius 1 is 0.632 bits per heavy atom. The molecule has 38 heavy (non-hydrogen) atoms. The summed E-state index contributed by atoms with van der Waals surface area (Å²) < 4.78 is 24.0. The number of hydrogen-bond acceptors (Lipinski definition) is 10. The van der Waals surface area contributed by atoms with Crippen molar-refractivity contribution < 1.29 is 59.3 Å². The second kappa shape index (κ2) is 13.9. The molecule has 0 aromatic heterocycles. The Labute approximate surface area is 219 Å². The molecule has 0 aliphatic carbocycles. The molecule has 0 aliphatic rings. The van der Waals surface area contributed by atoms with E-state index in [1.165, 1.54) is 36.4 Å². The summed E-state index contributed by atoms with van der Waals surface area (Å²) in [7, 11) is -9.59. The first-order chi connectivity index (χ1) is 17.7. The molecule has 0 aliphatic heterocycles. The fourth-order valence-electron chi connectivity index (χ4n) is 4.12. The van der Waals surface area contributed by atoms with Crippen LogP contribution in [-0.4, -0.2) is 97.9 Å². The van der Waals surface area contributed by atoms with E-state index in [2.05, 4.69) is 0 Å². The highest BCUT2D eigenvalue weighted by molar-refractivity contribution is 7.51. The van der Waals surface area contributed by atoms with Gasteiger partial charge in [-0.25, -0.2) is 0 Å². The molecule has 214 valence electrons. The monoisotopic (exact) mass is 580 g/mol. The average Bonchev–Trinajstić information content (AvgIpc) is 2.82. The van der Waals surface area contributed by atoms with Gasteiger partial charge in [0.2, 0.25) is 0 Å². The summed E-state index contributed by atoms with van der Waals surface area (Å²) in [6.45, 7) is -3.11. The van der Waals surface area contributed by atoms with Gasteiger partial charge < -0.3 is 50.2 Å². The van der Waals surface area contributed by atoms with Gasteiger partial charge in [-0.2, -0.15) is 0 Å². The summed E-state index contributed by atoms with van der Waals surface area (Å²) in [6.07, 6.45) is -1.89. The van der Waals surface area contributed by atoms with Crippen LogP contribution in [-0.2, 0) is 35.4 Å². The normalized spacial score (nSPS) is 14.3. The lowest BCUT2D eigenvalue weighted by Gasteiger charge is -2.41. The molecule has 0 saturated carbocycles. The summed E-state index contributed by atoms with van der Waals surface area (Å²) >= 11 is 0. The van der Waals surface area contributed by atoms with Gasteiger partial charge in [-0.15, -0.1) is 0 Å². The number of aromatic hydroxyl groups is 2. The van der Waals surface area contributed by atoms with Gasteiger partial charge in [0, 0.05) is 24.2 Å². The van der Waals surface area contributed by atoms with Gasteiger partial charge in [0.15, 0.2) is 0 Å². The van der Waals surface area contributed by atoms with Crippen molar-refractivity contribution in [1.29, 1.82) is 0 Å². The van der Waals surface area contributed by atoms with Crippen molar-refractivity contribution in [1.82, 2.24) is 9.80 Å². The minimum Gasteiger partial charge on any atom is -0.508 e. The molecule has 0 spiro atoms. The van der Waals surface area contributed by atoms with Gasteiger partial charge >= 0.3 is 15.2 Å². The van der Waals surface area contributed by atoms with Crippen molar-refractivity contribution >= 4 is 15.2 Å². The van der Waals surface area contributed by atoms with Gasteiger partial charge in [-0.3, -0.25) is 18.9 Å². The molecule has 0 amide bonds. The molecule has 0 bridgehead atoms. The Morgan fingerprint density at radius 2 is 1.08 bits per heavy atom. The molecule has 2 rings (SSSR count). The van der Waals surface area contributed by atoms with Gasteiger partial charge in [0.05, 0.1) is 38.5 Å². The van der Waals surface area contributed by atoms with E-state index in [9.17, 15) is 59.3 Å². The van der Waals surface area contributed by atoms with Crippen LogP contribution in [0.3, 0.4) is 0 Å². The maximum absolute atomic E-state index is 12.0. The zero-order valence-corrected chi connectivity index (χ0v) is 22.1. The molecule has 0 fully saturated rings. The van der Waals surface area contributed by atoms with Crippen LogP contribution in [0.2, 0.25) is 0 Å². The first-order valence-electron chi connectivity index (χ1n) is 11.3. The van der Waals surface area contributed by atoms with Crippen LogP contribution >= 0.6 is 15.2 Å². The van der Waals surface area contributed by atoms with Crippen LogP contribution in [0.15, 0.2) is 36.4 Å². The topological polar surface area (TPSA) is 243 Å². The lowest BCUT2D eigenvalue weighted by atomic mass is 10.0. The molecule has 16 heteroatoms. The van der Waals surface area contributed by atoms with Crippen LogP contribution in [0.5, 0.6) is 11.5 Å². The van der Waals surface area contributed by atoms with Crippen molar-refractivity contribution in [2.75, 3.05) is 25.8 Å². The molecule has 2 aromatic carbocycles. The fraction of sp³-hybridized carbons (Fsp3) is 0.455. The predicted octanol–water partition coefficient (Wildman–Crippen LogP) is -0.621. The number of hydrogen-bond donors (Lipinski definition) is 10. The number of phenolic OH excluding ortho intramolecular Hbond substituents is 2. The third-order valence-corrected chi connectivity index (χ3v) is 7.36. The number of aliphatic hydroxyl groups excluding tert-OH is 4. The van der Waals surface area contributed by atoms with E-state index in [1.807, 2.05) is 0 Å². The maximum atomic E-state index is 12.0. The van der Waals surface area contributed by atoms with Crippen LogP contribution in [0.1, 0.15) is 22.3 Å². The lowest BCUT2D eigenvalue weighted by Crippen LogP contribution is -2.55. The van der Waals surface area contributed by atoms with E-state index in [-0.39, 0.29) is 48.9 Å². The van der Waals surface area contributed by atoms with Gasteiger partial charge in [0.1, 0.15) is 24.1 Å². The third-order valence-electron chi connectivity index (χ3n) is 5.89. The van der Waals surface area contributed by atoms with E-state index in [0.29, 0.717) is 11.1 Å². The van der Waals surface area contributed by atoms with E-state index in [4.69, 9.17) is 0 Å². The largest absolute Gasteiger partial charge is 0.508 e. The number of rotatable bonds is 15. The Hall–Kier alpha value is -1.90. The highest BCUT2D eigenvalue weighted by Crippen LogP contribution is 2.40. The molecule has 2 unspecified atom stereocenters. The van der Waals surface area contributed by atoms with Gasteiger partial charge in [-0.05, 0) is 29.3 Å². The molecule has 0 saturated heterocycles. The molecule has 0 radical (unpaired) electrons. The minimum absolute atomic E-state index is 0.138. The molecule has 0 heterocycles. The Morgan fingerprint density at radius 3 is 1.50 bits per heavy atom. The summed E-state index contributed by atoms with van der Waals surface area (Å²) in [5, 5.41) is 59.9. The molecule has 10 N–H and O–H groups in total. The van der Waals surface area contributed by atoms with Crippen molar-refractivity contribution in [3.05, 3.63) is 58.7 Å². The molecule has 14 nitrogen and oxygen atoms in total. The zero-order chi connectivity index (χ0) is 28.7. The standard InChI is InChI=1S/C22H34N2O12P2/c25-9-15-2-4-21(29)18(5-15)8-24(14-38(34,35)36)20(12-28)19(11-27)23(13-37(31,32)33)7-17-3-1-16(10-26)6-22(17)30/h1-6,19-20,25-30H,7-14H2,(H2,31,32,33)(H2,34,35,36). The Bertz CT molecular complexity index is 1160. The van der Waals surface area contributed by atoms with Crippen LogP contribution in [0.4, 0.5) is 0 Å². The van der Waals surface area contributed by atoms with Crippen molar-refractivity contribution in [2.45, 2.75) is 38.4 Å². The Kier molecular flexibility index (Phi) is 11.9. The maximum Gasteiger partial charge on any atom is 0.339 e.